The van der Waals surface area contributed by atoms with Crippen molar-refractivity contribution >= 4 is 47.8 Å². The molecule has 4 aromatic rings. The number of rotatable bonds is 5. The fourth-order valence-corrected chi connectivity index (χ4v) is 6.83. The zero-order chi connectivity index (χ0) is 23.0. The van der Waals surface area contributed by atoms with Gasteiger partial charge in [0.1, 0.15) is 23.3 Å². The fraction of sp³-hybridized carbons (Fsp3) is 0.263. The van der Waals surface area contributed by atoms with Crippen LogP contribution in [0.1, 0.15) is 18.9 Å². The highest BCUT2D eigenvalue weighted by atomic mass is 32.3. The largest absolute Gasteiger partial charge is 0.304 e. The molecule has 168 valence electrons. The van der Waals surface area contributed by atoms with Gasteiger partial charge in [-0.25, -0.2) is 35.6 Å². The van der Waals surface area contributed by atoms with Crippen molar-refractivity contribution < 1.29 is 25.6 Å². The summed E-state index contributed by atoms with van der Waals surface area (Å²) < 4.78 is 81.1. The van der Waals surface area contributed by atoms with E-state index in [1.54, 1.807) is 16.7 Å². The number of benzene rings is 2. The highest BCUT2D eigenvalue weighted by Crippen LogP contribution is 2.41. The Morgan fingerprint density at radius 1 is 1.00 bits per heavy atom. The van der Waals surface area contributed by atoms with Crippen LogP contribution in [0.5, 0.6) is 0 Å². The summed E-state index contributed by atoms with van der Waals surface area (Å²) in [6.07, 6.45) is 4.38. The van der Waals surface area contributed by atoms with E-state index in [2.05, 4.69) is 9.97 Å². The van der Waals surface area contributed by atoms with Gasteiger partial charge in [-0.05, 0) is 31.0 Å². The molecular formula is C19H17F2N5O4S2. The van der Waals surface area contributed by atoms with Crippen molar-refractivity contribution in [1.29, 1.82) is 0 Å². The molecule has 0 bridgehead atoms. The number of imidazole rings is 2. The molecule has 0 N–H and O–H groups in total. The first-order valence-corrected chi connectivity index (χ1v) is 13.2. The van der Waals surface area contributed by atoms with Crippen LogP contribution in [0.3, 0.4) is 0 Å². The summed E-state index contributed by atoms with van der Waals surface area (Å²) in [4.78, 5) is 8.70. The second-order valence-electron chi connectivity index (χ2n) is 7.75. The van der Waals surface area contributed by atoms with E-state index < -0.39 is 37.4 Å². The lowest BCUT2D eigenvalue weighted by Gasteiger charge is -2.20. The molecule has 13 heteroatoms. The summed E-state index contributed by atoms with van der Waals surface area (Å²) in [6, 6.07) is 6.65. The third-order valence-electron chi connectivity index (χ3n) is 5.18. The Kier molecular flexibility index (Phi) is 4.37. The molecule has 0 unspecified atom stereocenters. The van der Waals surface area contributed by atoms with Crippen molar-refractivity contribution in [3.05, 3.63) is 48.3 Å². The summed E-state index contributed by atoms with van der Waals surface area (Å²) in [5, 5.41) is 0. The number of nitrogens with zero attached hydrogens (tertiary/aromatic N) is 5. The SMILES string of the molecule is CS(=O)(=O)N(c1cc2ncn(-c3nc4cccc(F)c4n3C3CC3)c2cc1F)S(C)(=O)=O. The van der Waals surface area contributed by atoms with Gasteiger partial charge in [-0.2, -0.15) is 3.71 Å². The number of hydrogen-bond acceptors (Lipinski definition) is 6. The lowest BCUT2D eigenvalue weighted by Crippen LogP contribution is -2.35. The van der Waals surface area contributed by atoms with Gasteiger partial charge in [-0.15, -0.1) is 0 Å². The van der Waals surface area contributed by atoms with Gasteiger partial charge in [-0.1, -0.05) is 6.07 Å². The van der Waals surface area contributed by atoms with Crippen molar-refractivity contribution in [3.8, 4) is 5.95 Å². The lowest BCUT2D eigenvalue weighted by molar-refractivity contribution is 0.585. The van der Waals surface area contributed by atoms with Crippen LogP contribution in [0.4, 0.5) is 14.5 Å². The summed E-state index contributed by atoms with van der Waals surface area (Å²) in [5.74, 6) is -1.16. The number of halogens is 2. The fourth-order valence-electron chi connectivity index (χ4n) is 3.86. The standard InChI is InChI=1S/C19H17F2N5O4S2/c1-31(27,28)26(32(2,29)30)16-9-15-17(8-13(16)21)24(10-22-15)19-23-14-5-3-4-12(20)18(14)25(19)11-6-7-11/h3-5,8-11H,6-7H2,1-2H3. The minimum Gasteiger partial charge on any atom is -0.304 e. The van der Waals surface area contributed by atoms with E-state index in [1.807, 2.05) is 0 Å². The van der Waals surface area contributed by atoms with E-state index >= 15 is 4.39 Å². The maximum absolute atomic E-state index is 15.0. The Morgan fingerprint density at radius 3 is 2.31 bits per heavy atom. The molecule has 1 saturated carbocycles. The first-order valence-electron chi connectivity index (χ1n) is 9.50. The molecule has 2 aromatic carbocycles. The predicted molar refractivity (Wildman–Crippen MR) is 115 cm³/mol. The van der Waals surface area contributed by atoms with Crippen LogP contribution >= 0.6 is 0 Å². The monoisotopic (exact) mass is 481 g/mol. The number of anilines is 1. The molecule has 0 amide bonds. The molecule has 0 spiro atoms. The normalized spacial score (nSPS) is 15.0. The quantitative estimate of drug-likeness (QED) is 0.434. The van der Waals surface area contributed by atoms with Crippen LogP contribution in [-0.2, 0) is 20.0 Å². The lowest BCUT2D eigenvalue weighted by atomic mass is 10.2. The number of fused-ring (bicyclic) bond motifs is 2. The zero-order valence-electron chi connectivity index (χ0n) is 16.9. The zero-order valence-corrected chi connectivity index (χ0v) is 18.5. The van der Waals surface area contributed by atoms with Gasteiger partial charge < -0.3 is 4.57 Å². The summed E-state index contributed by atoms with van der Waals surface area (Å²) >= 11 is 0. The molecule has 9 nitrogen and oxygen atoms in total. The van der Waals surface area contributed by atoms with E-state index in [0.717, 1.165) is 25.0 Å². The van der Waals surface area contributed by atoms with Crippen molar-refractivity contribution in [1.82, 2.24) is 19.1 Å². The van der Waals surface area contributed by atoms with Gasteiger partial charge in [-0.3, -0.25) is 4.57 Å². The van der Waals surface area contributed by atoms with Crippen LogP contribution in [0.2, 0.25) is 0 Å². The minimum absolute atomic E-state index is 0.0304. The van der Waals surface area contributed by atoms with Crippen LogP contribution in [0.15, 0.2) is 36.7 Å². The molecule has 1 aliphatic rings. The van der Waals surface area contributed by atoms with Crippen LogP contribution < -0.4 is 3.71 Å². The van der Waals surface area contributed by atoms with Crippen molar-refractivity contribution in [3.63, 3.8) is 0 Å². The smallest absolute Gasteiger partial charge is 0.245 e. The second-order valence-corrected chi connectivity index (χ2v) is 11.6. The molecular weight excluding hydrogens is 464 g/mol. The minimum atomic E-state index is -4.33. The highest BCUT2D eigenvalue weighted by molar-refractivity contribution is 8.09. The molecule has 5 rings (SSSR count). The van der Waals surface area contributed by atoms with E-state index in [4.69, 9.17) is 0 Å². The van der Waals surface area contributed by atoms with Gasteiger partial charge >= 0.3 is 0 Å². The summed E-state index contributed by atoms with van der Waals surface area (Å²) in [6.45, 7) is 0. The Hall–Kier alpha value is -3.06. The summed E-state index contributed by atoms with van der Waals surface area (Å²) in [5.41, 5.74) is 0.490. The number of aromatic nitrogens is 4. The maximum Gasteiger partial charge on any atom is 0.245 e. The molecule has 1 fully saturated rings. The van der Waals surface area contributed by atoms with Crippen LogP contribution in [0, 0.1) is 11.6 Å². The molecule has 0 saturated heterocycles. The molecule has 1 aliphatic carbocycles. The molecule has 0 radical (unpaired) electrons. The Morgan fingerprint density at radius 2 is 1.69 bits per heavy atom. The van der Waals surface area contributed by atoms with Crippen molar-refractivity contribution in [2.45, 2.75) is 18.9 Å². The topological polar surface area (TPSA) is 107 Å². The summed E-state index contributed by atoms with van der Waals surface area (Å²) in [7, 11) is -8.66. The van der Waals surface area contributed by atoms with Crippen LogP contribution in [-0.4, -0.2) is 48.4 Å². The number of sulfonamides is 2. The first kappa shape index (κ1) is 20.8. The van der Waals surface area contributed by atoms with E-state index in [0.29, 0.717) is 29.5 Å². The Balaban J connectivity index is 1.75. The van der Waals surface area contributed by atoms with Gasteiger partial charge in [0.05, 0.1) is 29.1 Å². The third kappa shape index (κ3) is 3.23. The molecule has 0 atom stereocenters. The number of para-hydroxylation sites is 1. The average molecular weight is 482 g/mol. The molecule has 0 aliphatic heterocycles. The van der Waals surface area contributed by atoms with Gasteiger partial charge in [0.15, 0.2) is 5.82 Å². The highest BCUT2D eigenvalue weighted by Gasteiger charge is 2.33. The van der Waals surface area contributed by atoms with Gasteiger partial charge in [0.2, 0.25) is 26.0 Å². The number of hydrogen-bond donors (Lipinski definition) is 0. The van der Waals surface area contributed by atoms with E-state index in [-0.39, 0.29) is 20.8 Å². The van der Waals surface area contributed by atoms with Gasteiger partial charge in [0.25, 0.3) is 0 Å². The Bertz CT molecular complexity index is 1590. The van der Waals surface area contributed by atoms with Crippen LogP contribution in [0.25, 0.3) is 28.0 Å². The molecule has 32 heavy (non-hydrogen) atoms. The second kappa shape index (κ2) is 6.72. The average Bonchev–Trinajstić information content (AvgIpc) is 3.31. The maximum atomic E-state index is 15.0. The third-order valence-corrected chi connectivity index (χ3v) is 8.41. The van der Waals surface area contributed by atoms with Gasteiger partial charge in [0, 0.05) is 12.1 Å². The van der Waals surface area contributed by atoms with Crippen molar-refractivity contribution in [2.24, 2.45) is 0 Å². The van der Waals surface area contributed by atoms with E-state index in [1.165, 1.54) is 17.0 Å². The van der Waals surface area contributed by atoms with E-state index in [9.17, 15) is 21.2 Å². The van der Waals surface area contributed by atoms with Crippen molar-refractivity contribution in [2.75, 3.05) is 16.2 Å². The first-order chi connectivity index (χ1) is 15.0. The molecule has 2 heterocycles. The molecule has 2 aromatic heterocycles. The predicted octanol–water partition coefficient (Wildman–Crippen LogP) is 2.71. The Labute approximate surface area is 182 Å².